The number of anilines is 4. The van der Waals surface area contributed by atoms with Gasteiger partial charge in [-0.05, 0) is 54.6 Å². The lowest BCUT2D eigenvalue weighted by molar-refractivity contribution is -0.123. The Labute approximate surface area is 193 Å². The fourth-order valence-corrected chi connectivity index (χ4v) is 3.90. The Balaban J connectivity index is 1.72. The topological polar surface area (TPSA) is 130 Å². The van der Waals surface area contributed by atoms with Crippen LogP contribution in [0.25, 0.3) is 0 Å². The average Bonchev–Trinajstić information content (AvgIpc) is 2.74. The number of hydrogen-bond donors (Lipinski definition) is 4. The zero-order valence-electron chi connectivity index (χ0n) is 18.5. The lowest BCUT2D eigenvalue weighted by atomic mass is 9.95. The van der Waals surface area contributed by atoms with E-state index in [1.54, 1.807) is 75.4 Å². The first-order chi connectivity index (χ1) is 15.5. The molecule has 5 N–H and O–H groups in total. The predicted octanol–water partition coefficient (Wildman–Crippen LogP) is 4.31. The van der Waals surface area contributed by atoms with Crippen LogP contribution in [0.1, 0.15) is 31.1 Å². The first-order valence-corrected chi connectivity index (χ1v) is 11.6. The molecule has 0 radical (unpaired) electrons. The van der Waals surface area contributed by atoms with Gasteiger partial charge in [0.15, 0.2) is 0 Å². The van der Waals surface area contributed by atoms with Gasteiger partial charge in [-0.15, -0.1) is 0 Å². The molecule has 0 spiro atoms. The van der Waals surface area contributed by atoms with Crippen LogP contribution >= 0.6 is 0 Å². The molecule has 3 rings (SSSR count). The van der Waals surface area contributed by atoms with E-state index in [4.69, 9.17) is 5.73 Å². The predicted molar refractivity (Wildman–Crippen MR) is 131 cm³/mol. The maximum absolute atomic E-state index is 12.8. The monoisotopic (exact) mass is 466 g/mol. The molecule has 172 valence electrons. The van der Waals surface area contributed by atoms with Crippen LogP contribution < -0.4 is 21.1 Å². The highest BCUT2D eigenvalue weighted by Crippen LogP contribution is 2.23. The second-order valence-corrected chi connectivity index (χ2v) is 10.1. The van der Waals surface area contributed by atoms with E-state index in [1.807, 2.05) is 0 Å². The number of nitrogens with one attached hydrogen (secondary N) is 3. The summed E-state index contributed by atoms with van der Waals surface area (Å²) in [6.45, 7) is 5.41. The summed E-state index contributed by atoms with van der Waals surface area (Å²) in [4.78, 5) is 24.5. The highest BCUT2D eigenvalue weighted by molar-refractivity contribution is 7.92. The quantitative estimate of drug-likeness (QED) is 0.402. The fourth-order valence-electron chi connectivity index (χ4n) is 2.80. The van der Waals surface area contributed by atoms with Gasteiger partial charge in [-0.3, -0.25) is 14.3 Å². The van der Waals surface area contributed by atoms with Crippen molar-refractivity contribution >= 4 is 44.6 Å². The molecule has 33 heavy (non-hydrogen) atoms. The standard InChI is InChI=1S/C24H26N4O4S/c1-24(2,3)23(30)27-16-11-13-17(14-12-16)28-33(31,32)19-8-6-7-18(15-19)26-22(29)20-9-4-5-10-21(20)25/h4-15,28H,25H2,1-3H3,(H,26,29)(H,27,30). The summed E-state index contributed by atoms with van der Waals surface area (Å²) in [6.07, 6.45) is 0. The lowest BCUT2D eigenvalue weighted by Gasteiger charge is -2.17. The molecule has 9 heteroatoms. The summed E-state index contributed by atoms with van der Waals surface area (Å²) in [7, 11) is -3.92. The minimum atomic E-state index is -3.92. The molecule has 3 aromatic rings. The molecule has 0 saturated heterocycles. The van der Waals surface area contributed by atoms with Gasteiger partial charge in [0.1, 0.15) is 0 Å². The fraction of sp³-hybridized carbons (Fsp3) is 0.167. The van der Waals surface area contributed by atoms with Gasteiger partial charge in [-0.2, -0.15) is 0 Å². The van der Waals surface area contributed by atoms with Gasteiger partial charge < -0.3 is 16.4 Å². The summed E-state index contributed by atoms with van der Waals surface area (Å²) in [5, 5.41) is 5.44. The molecule has 0 bridgehead atoms. The summed E-state index contributed by atoms with van der Waals surface area (Å²) in [6, 6.07) is 18.8. The molecule has 3 aromatic carbocycles. The van der Waals surface area contributed by atoms with Crippen molar-refractivity contribution in [3.63, 3.8) is 0 Å². The molecular formula is C24H26N4O4S. The second kappa shape index (κ2) is 9.33. The Kier molecular flexibility index (Phi) is 6.73. The van der Waals surface area contributed by atoms with Crippen LogP contribution in [-0.2, 0) is 14.8 Å². The van der Waals surface area contributed by atoms with Crippen molar-refractivity contribution < 1.29 is 18.0 Å². The molecule has 0 aromatic heterocycles. The normalized spacial score (nSPS) is 11.5. The third kappa shape index (κ3) is 6.11. The number of nitrogens with two attached hydrogens (primary N) is 1. The number of carbonyl (C=O) groups excluding carboxylic acids is 2. The van der Waals surface area contributed by atoms with Crippen molar-refractivity contribution in [2.75, 3.05) is 21.1 Å². The molecule has 8 nitrogen and oxygen atoms in total. The molecule has 0 saturated carbocycles. The molecule has 0 aliphatic carbocycles. The molecule has 0 heterocycles. The SMILES string of the molecule is CC(C)(C)C(=O)Nc1ccc(NS(=O)(=O)c2cccc(NC(=O)c3ccccc3N)c2)cc1. The average molecular weight is 467 g/mol. The van der Waals surface area contributed by atoms with Crippen molar-refractivity contribution in [1.29, 1.82) is 0 Å². The summed E-state index contributed by atoms with van der Waals surface area (Å²) in [5.74, 6) is -0.588. The van der Waals surface area contributed by atoms with E-state index < -0.39 is 21.3 Å². The molecule has 0 atom stereocenters. The minimum Gasteiger partial charge on any atom is -0.398 e. The Morgan fingerprint density at radius 3 is 2.06 bits per heavy atom. The Hall–Kier alpha value is -3.85. The number of rotatable bonds is 6. The minimum absolute atomic E-state index is 0.0218. The van der Waals surface area contributed by atoms with E-state index in [1.165, 1.54) is 18.2 Å². The number of sulfonamides is 1. The zero-order chi connectivity index (χ0) is 24.2. The van der Waals surface area contributed by atoms with Gasteiger partial charge >= 0.3 is 0 Å². The van der Waals surface area contributed by atoms with Crippen molar-refractivity contribution in [2.45, 2.75) is 25.7 Å². The Bertz CT molecular complexity index is 1280. The summed E-state index contributed by atoms with van der Waals surface area (Å²) in [5.41, 5.74) is 7.09. The van der Waals surface area contributed by atoms with Crippen LogP contribution in [0.3, 0.4) is 0 Å². The van der Waals surface area contributed by atoms with E-state index in [2.05, 4.69) is 15.4 Å². The van der Waals surface area contributed by atoms with E-state index in [-0.39, 0.29) is 10.8 Å². The van der Waals surface area contributed by atoms with Gasteiger partial charge in [0, 0.05) is 28.2 Å². The number of hydrogen-bond acceptors (Lipinski definition) is 5. The van der Waals surface area contributed by atoms with Crippen molar-refractivity contribution in [1.82, 2.24) is 0 Å². The van der Waals surface area contributed by atoms with E-state index in [9.17, 15) is 18.0 Å². The second-order valence-electron chi connectivity index (χ2n) is 8.46. The van der Waals surface area contributed by atoms with Gasteiger partial charge in [-0.1, -0.05) is 39.0 Å². The van der Waals surface area contributed by atoms with Crippen LogP contribution in [0, 0.1) is 5.41 Å². The number of nitrogen functional groups attached to an aromatic ring is 1. The van der Waals surface area contributed by atoms with Gasteiger partial charge in [0.05, 0.1) is 10.5 Å². The molecule has 0 unspecified atom stereocenters. The first kappa shape index (κ1) is 23.8. The maximum atomic E-state index is 12.8. The number of benzene rings is 3. The van der Waals surface area contributed by atoms with E-state index in [0.717, 1.165) is 0 Å². The maximum Gasteiger partial charge on any atom is 0.261 e. The van der Waals surface area contributed by atoms with Crippen LogP contribution in [0.2, 0.25) is 0 Å². The molecular weight excluding hydrogens is 440 g/mol. The summed E-state index contributed by atoms with van der Waals surface area (Å²) >= 11 is 0. The van der Waals surface area contributed by atoms with Crippen molar-refractivity contribution in [3.05, 3.63) is 78.4 Å². The van der Waals surface area contributed by atoms with Gasteiger partial charge in [0.25, 0.3) is 15.9 Å². The van der Waals surface area contributed by atoms with Crippen LogP contribution in [-0.4, -0.2) is 20.2 Å². The van der Waals surface area contributed by atoms with Crippen LogP contribution in [0.15, 0.2) is 77.7 Å². The molecule has 0 aliphatic rings. The lowest BCUT2D eigenvalue weighted by Crippen LogP contribution is -2.27. The molecule has 0 aliphatic heterocycles. The highest BCUT2D eigenvalue weighted by Gasteiger charge is 2.21. The summed E-state index contributed by atoms with van der Waals surface area (Å²) < 4.78 is 28.2. The van der Waals surface area contributed by atoms with Gasteiger partial charge in [0.2, 0.25) is 5.91 Å². The number of amides is 2. The molecule has 0 fully saturated rings. The molecule has 2 amide bonds. The first-order valence-electron chi connectivity index (χ1n) is 10.2. The number of para-hydroxylation sites is 1. The van der Waals surface area contributed by atoms with Crippen LogP contribution in [0.4, 0.5) is 22.7 Å². The van der Waals surface area contributed by atoms with Crippen molar-refractivity contribution in [2.24, 2.45) is 5.41 Å². The smallest absolute Gasteiger partial charge is 0.261 e. The van der Waals surface area contributed by atoms with Gasteiger partial charge in [-0.25, -0.2) is 8.42 Å². The zero-order valence-corrected chi connectivity index (χ0v) is 19.4. The van der Waals surface area contributed by atoms with Crippen molar-refractivity contribution in [3.8, 4) is 0 Å². The van der Waals surface area contributed by atoms with Crippen LogP contribution in [0.5, 0.6) is 0 Å². The van der Waals surface area contributed by atoms with E-state index in [0.29, 0.717) is 28.3 Å². The third-order valence-electron chi connectivity index (χ3n) is 4.68. The number of carbonyl (C=O) groups is 2. The largest absolute Gasteiger partial charge is 0.398 e. The van der Waals surface area contributed by atoms with E-state index >= 15 is 0 Å². The Morgan fingerprint density at radius 2 is 1.42 bits per heavy atom. The Morgan fingerprint density at radius 1 is 0.788 bits per heavy atom. The highest BCUT2D eigenvalue weighted by atomic mass is 32.2. The third-order valence-corrected chi connectivity index (χ3v) is 6.06.